The second-order valence-electron chi connectivity index (χ2n) is 6.62. The van der Waals surface area contributed by atoms with Crippen molar-refractivity contribution in [1.82, 2.24) is 10.2 Å². The molecule has 1 heterocycles. The third kappa shape index (κ3) is 4.85. The largest absolute Gasteiger partial charge is 0.493 e. The number of hydrogen-bond donors (Lipinski definition) is 1. The minimum absolute atomic E-state index is 0.0467. The molecule has 0 spiro atoms. The molecule has 24 heavy (non-hydrogen) atoms. The lowest BCUT2D eigenvalue weighted by molar-refractivity contribution is -0.123. The molecule has 6 heteroatoms. The minimum atomic E-state index is -0.208. The Kier molecular flexibility index (Phi) is 6.45. The number of benzene rings is 1. The highest BCUT2D eigenvalue weighted by molar-refractivity contribution is 5.78. The number of rotatable bonds is 7. The van der Waals surface area contributed by atoms with Gasteiger partial charge in [-0.05, 0) is 17.7 Å². The van der Waals surface area contributed by atoms with Crippen LogP contribution in [0.5, 0.6) is 11.5 Å². The number of nitrogens with one attached hydrogen (secondary N) is 1. The van der Waals surface area contributed by atoms with Crippen molar-refractivity contribution in [3.05, 3.63) is 23.8 Å². The van der Waals surface area contributed by atoms with E-state index in [0.717, 1.165) is 18.7 Å². The fourth-order valence-corrected chi connectivity index (χ4v) is 2.70. The summed E-state index contributed by atoms with van der Waals surface area (Å²) >= 11 is 0. The van der Waals surface area contributed by atoms with Crippen molar-refractivity contribution in [3.8, 4) is 11.5 Å². The number of nitrogens with zero attached hydrogens (tertiary/aromatic N) is 1. The van der Waals surface area contributed by atoms with Crippen LogP contribution in [0.25, 0.3) is 0 Å². The van der Waals surface area contributed by atoms with Crippen molar-refractivity contribution >= 4 is 5.91 Å². The van der Waals surface area contributed by atoms with Crippen LogP contribution in [0.3, 0.4) is 0 Å². The Hall–Kier alpha value is -1.79. The highest BCUT2D eigenvalue weighted by Gasteiger charge is 2.24. The quantitative estimate of drug-likeness (QED) is 0.816. The van der Waals surface area contributed by atoms with Crippen LogP contribution >= 0.6 is 0 Å². The van der Waals surface area contributed by atoms with Crippen molar-refractivity contribution in [1.29, 1.82) is 0 Å². The zero-order valence-corrected chi connectivity index (χ0v) is 15.1. The van der Waals surface area contributed by atoms with E-state index < -0.39 is 0 Å². The van der Waals surface area contributed by atoms with Crippen LogP contribution in [0.4, 0.5) is 0 Å². The average Bonchev–Trinajstić information content (AvgIpc) is 2.60. The Labute approximate surface area is 144 Å². The highest BCUT2D eigenvalue weighted by Crippen LogP contribution is 2.32. The Bertz CT molecular complexity index is 554. The van der Waals surface area contributed by atoms with E-state index in [1.807, 2.05) is 18.2 Å². The standard InChI is InChI=1S/C18H28N2O4/c1-18(2,14-5-6-15(22-3)16(11-14)23-4)13-19-17(21)12-20-7-9-24-10-8-20/h5-6,11H,7-10,12-13H2,1-4H3,(H,19,21). The predicted molar refractivity (Wildman–Crippen MR) is 92.8 cm³/mol. The Morgan fingerprint density at radius 3 is 2.50 bits per heavy atom. The molecule has 0 saturated carbocycles. The molecule has 1 N–H and O–H groups in total. The van der Waals surface area contributed by atoms with E-state index in [1.165, 1.54) is 0 Å². The second-order valence-corrected chi connectivity index (χ2v) is 6.62. The number of ether oxygens (including phenoxy) is 3. The molecule has 2 rings (SSSR count). The summed E-state index contributed by atoms with van der Waals surface area (Å²) in [4.78, 5) is 14.3. The van der Waals surface area contributed by atoms with Gasteiger partial charge in [0, 0.05) is 25.0 Å². The summed E-state index contributed by atoms with van der Waals surface area (Å²) in [6.07, 6.45) is 0. The topological polar surface area (TPSA) is 60.0 Å². The Morgan fingerprint density at radius 1 is 1.21 bits per heavy atom. The average molecular weight is 336 g/mol. The molecular formula is C18H28N2O4. The van der Waals surface area contributed by atoms with Gasteiger partial charge in [-0.15, -0.1) is 0 Å². The van der Waals surface area contributed by atoms with Gasteiger partial charge in [0.2, 0.25) is 5.91 Å². The van der Waals surface area contributed by atoms with Crippen molar-refractivity contribution in [2.75, 3.05) is 53.6 Å². The van der Waals surface area contributed by atoms with Gasteiger partial charge >= 0.3 is 0 Å². The molecule has 0 atom stereocenters. The molecule has 1 fully saturated rings. The van der Waals surface area contributed by atoms with Crippen LogP contribution in [0.1, 0.15) is 19.4 Å². The summed E-state index contributed by atoms with van der Waals surface area (Å²) in [5.41, 5.74) is 0.882. The first-order valence-corrected chi connectivity index (χ1v) is 8.25. The lowest BCUT2D eigenvalue weighted by Gasteiger charge is -2.29. The molecule has 1 aromatic carbocycles. The number of carbonyl (C=O) groups excluding carboxylic acids is 1. The molecule has 1 amide bonds. The third-order valence-electron chi connectivity index (χ3n) is 4.36. The molecule has 134 valence electrons. The molecule has 0 bridgehead atoms. The lowest BCUT2D eigenvalue weighted by atomic mass is 9.84. The number of morpholine rings is 1. The zero-order valence-electron chi connectivity index (χ0n) is 15.1. The van der Waals surface area contributed by atoms with Crippen LogP contribution in [0.2, 0.25) is 0 Å². The van der Waals surface area contributed by atoms with Crippen LogP contribution in [0, 0.1) is 0 Å². The number of amides is 1. The van der Waals surface area contributed by atoms with Gasteiger partial charge in [0.1, 0.15) is 0 Å². The molecule has 6 nitrogen and oxygen atoms in total. The summed E-state index contributed by atoms with van der Waals surface area (Å²) in [5, 5.41) is 3.04. The van der Waals surface area contributed by atoms with E-state index in [2.05, 4.69) is 24.1 Å². The maximum absolute atomic E-state index is 12.2. The van der Waals surface area contributed by atoms with Gasteiger partial charge in [0.05, 0.1) is 34.0 Å². The summed E-state index contributed by atoms with van der Waals surface area (Å²) in [5.74, 6) is 1.45. The first kappa shape index (κ1) is 18.5. The van der Waals surface area contributed by atoms with E-state index in [9.17, 15) is 4.79 Å². The number of carbonyl (C=O) groups is 1. The molecule has 1 aliphatic heterocycles. The van der Waals surface area contributed by atoms with Gasteiger partial charge in [-0.3, -0.25) is 9.69 Å². The van der Waals surface area contributed by atoms with E-state index >= 15 is 0 Å². The van der Waals surface area contributed by atoms with Crippen molar-refractivity contribution < 1.29 is 19.0 Å². The van der Waals surface area contributed by atoms with Crippen LogP contribution in [-0.2, 0) is 14.9 Å². The number of methoxy groups -OCH3 is 2. The van der Waals surface area contributed by atoms with Gasteiger partial charge in [-0.1, -0.05) is 19.9 Å². The maximum Gasteiger partial charge on any atom is 0.234 e. The van der Waals surface area contributed by atoms with Crippen LogP contribution in [0.15, 0.2) is 18.2 Å². The second kappa shape index (κ2) is 8.35. The molecule has 1 aromatic rings. The van der Waals surface area contributed by atoms with Gasteiger partial charge in [-0.2, -0.15) is 0 Å². The fraction of sp³-hybridized carbons (Fsp3) is 0.611. The predicted octanol–water partition coefficient (Wildman–Crippen LogP) is 1.43. The monoisotopic (exact) mass is 336 g/mol. The van der Waals surface area contributed by atoms with Crippen molar-refractivity contribution in [2.24, 2.45) is 0 Å². The summed E-state index contributed by atoms with van der Waals surface area (Å²) < 4.78 is 15.9. The lowest BCUT2D eigenvalue weighted by Crippen LogP contribution is -2.45. The molecular weight excluding hydrogens is 308 g/mol. The van der Waals surface area contributed by atoms with E-state index in [0.29, 0.717) is 37.8 Å². The molecule has 0 aliphatic carbocycles. The first-order valence-electron chi connectivity index (χ1n) is 8.25. The minimum Gasteiger partial charge on any atom is -0.493 e. The van der Waals surface area contributed by atoms with Gasteiger partial charge < -0.3 is 19.5 Å². The van der Waals surface area contributed by atoms with E-state index in [1.54, 1.807) is 14.2 Å². The SMILES string of the molecule is COc1ccc(C(C)(C)CNC(=O)CN2CCOCC2)cc1OC. The Morgan fingerprint density at radius 2 is 1.88 bits per heavy atom. The van der Waals surface area contributed by atoms with E-state index in [-0.39, 0.29) is 11.3 Å². The molecule has 0 radical (unpaired) electrons. The van der Waals surface area contributed by atoms with Crippen LogP contribution in [-0.4, -0.2) is 64.4 Å². The smallest absolute Gasteiger partial charge is 0.234 e. The van der Waals surface area contributed by atoms with E-state index in [4.69, 9.17) is 14.2 Å². The van der Waals surface area contributed by atoms with Crippen molar-refractivity contribution in [2.45, 2.75) is 19.3 Å². The normalized spacial score (nSPS) is 15.8. The summed E-state index contributed by atoms with van der Waals surface area (Å²) in [7, 11) is 3.24. The summed E-state index contributed by atoms with van der Waals surface area (Å²) in [6, 6.07) is 5.87. The molecule has 1 saturated heterocycles. The maximum atomic E-state index is 12.2. The fourth-order valence-electron chi connectivity index (χ4n) is 2.70. The third-order valence-corrected chi connectivity index (χ3v) is 4.36. The highest BCUT2D eigenvalue weighted by atomic mass is 16.5. The van der Waals surface area contributed by atoms with Crippen molar-refractivity contribution in [3.63, 3.8) is 0 Å². The van der Waals surface area contributed by atoms with Gasteiger partial charge in [0.25, 0.3) is 0 Å². The van der Waals surface area contributed by atoms with Gasteiger partial charge in [-0.25, -0.2) is 0 Å². The first-order chi connectivity index (χ1) is 11.5. The molecule has 1 aliphatic rings. The molecule has 0 unspecified atom stereocenters. The number of hydrogen-bond acceptors (Lipinski definition) is 5. The van der Waals surface area contributed by atoms with Crippen LogP contribution < -0.4 is 14.8 Å². The molecule has 0 aromatic heterocycles. The summed E-state index contributed by atoms with van der Waals surface area (Å²) in [6.45, 7) is 8.21. The zero-order chi connectivity index (χ0) is 17.6. The Balaban J connectivity index is 1.93. The van der Waals surface area contributed by atoms with Gasteiger partial charge in [0.15, 0.2) is 11.5 Å².